The van der Waals surface area contributed by atoms with Crippen molar-refractivity contribution < 1.29 is 4.79 Å². The standard InChI is InChI=1S/C17H24N2O/c1-13-3-5-14(6-4-13)11-16(20)19-15-7-10-18-17(12-15)8-2-9-17/h3-6,15,18H,2,7-12H2,1H3,(H,19,20). The molecule has 1 saturated heterocycles. The molecule has 1 amide bonds. The van der Waals surface area contributed by atoms with Crippen LogP contribution in [0.3, 0.4) is 0 Å². The average molecular weight is 272 g/mol. The molecule has 1 saturated carbocycles. The van der Waals surface area contributed by atoms with E-state index < -0.39 is 0 Å². The Bertz CT molecular complexity index is 476. The van der Waals surface area contributed by atoms with Crippen LogP contribution in [0.25, 0.3) is 0 Å². The summed E-state index contributed by atoms with van der Waals surface area (Å²) in [7, 11) is 0. The van der Waals surface area contributed by atoms with E-state index in [1.165, 1.54) is 24.8 Å². The minimum absolute atomic E-state index is 0.162. The van der Waals surface area contributed by atoms with E-state index in [9.17, 15) is 4.79 Å². The van der Waals surface area contributed by atoms with Crippen LogP contribution in [0.2, 0.25) is 0 Å². The van der Waals surface area contributed by atoms with E-state index in [0.29, 0.717) is 18.0 Å². The Balaban J connectivity index is 1.52. The van der Waals surface area contributed by atoms with E-state index in [0.717, 1.165) is 24.9 Å². The largest absolute Gasteiger partial charge is 0.353 e. The molecule has 2 N–H and O–H groups in total. The van der Waals surface area contributed by atoms with Gasteiger partial charge in [0.2, 0.25) is 5.91 Å². The van der Waals surface area contributed by atoms with Gasteiger partial charge in [0, 0.05) is 11.6 Å². The molecule has 0 radical (unpaired) electrons. The molecule has 1 aromatic rings. The zero-order valence-corrected chi connectivity index (χ0v) is 12.2. The third kappa shape index (κ3) is 3.04. The van der Waals surface area contributed by atoms with Crippen molar-refractivity contribution in [3.05, 3.63) is 35.4 Å². The van der Waals surface area contributed by atoms with Crippen molar-refractivity contribution in [3.8, 4) is 0 Å². The SMILES string of the molecule is Cc1ccc(CC(=O)NC2CCNC3(CCC3)C2)cc1. The van der Waals surface area contributed by atoms with Crippen LogP contribution >= 0.6 is 0 Å². The van der Waals surface area contributed by atoms with Gasteiger partial charge < -0.3 is 10.6 Å². The van der Waals surface area contributed by atoms with E-state index in [2.05, 4.69) is 29.7 Å². The molecule has 108 valence electrons. The maximum atomic E-state index is 12.2. The number of aryl methyl sites for hydroxylation is 1. The van der Waals surface area contributed by atoms with E-state index in [4.69, 9.17) is 0 Å². The molecule has 1 spiro atoms. The van der Waals surface area contributed by atoms with Gasteiger partial charge in [-0.2, -0.15) is 0 Å². The van der Waals surface area contributed by atoms with E-state index in [-0.39, 0.29) is 5.91 Å². The predicted octanol–water partition coefficient (Wildman–Crippen LogP) is 2.33. The van der Waals surface area contributed by atoms with Crippen LogP contribution in [-0.2, 0) is 11.2 Å². The fourth-order valence-corrected chi connectivity index (χ4v) is 3.44. The number of piperidine rings is 1. The van der Waals surface area contributed by atoms with Gasteiger partial charge in [0.15, 0.2) is 0 Å². The molecule has 2 fully saturated rings. The van der Waals surface area contributed by atoms with Crippen LogP contribution < -0.4 is 10.6 Å². The van der Waals surface area contributed by atoms with Gasteiger partial charge in [0.25, 0.3) is 0 Å². The highest BCUT2D eigenvalue weighted by Crippen LogP contribution is 2.38. The summed E-state index contributed by atoms with van der Waals surface area (Å²) < 4.78 is 0. The van der Waals surface area contributed by atoms with Crippen LogP contribution in [0.5, 0.6) is 0 Å². The highest BCUT2D eigenvalue weighted by atomic mass is 16.1. The quantitative estimate of drug-likeness (QED) is 0.886. The first-order valence-electron chi connectivity index (χ1n) is 7.75. The predicted molar refractivity (Wildman–Crippen MR) is 80.6 cm³/mol. The molecule has 1 atom stereocenters. The molecule has 1 aliphatic heterocycles. The summed E-state index contributed by atoms with van der Waals surface area (Å²) in [6.07, 6.45) is 6.54. The van der Waals surface area contributed by atoms with Crippen LogP contribution in [-0.4, -0.2) is 24.0 Å². The van der Waals surface area contributed by atoms with Crippen molar-refractivity contribution in [2.75, 3.05) is 6.54 Å². The zero-order valence-electron chi connectivity index (χ0n) is 12.2. The molecule has 3 heteroatoms. The Morgan fingerprint density at radius 1 is 1.35 bits per heavy atom. The third-order valence-corrected chi connectivity index (χ3v) is 4.79. The Labute approximate surface area is 121 Å². The number of amides is 1. The monoisotopic (exact) mass is 272 g/mol. The normalized spacial score (nSPS) is 24.1. The second-order valence-corrected chi connectivity index (χ2v) is 6.48. The topological polar surface area (TPSA) is 41.1 Å². The molecule has 1 unspecified atom stereocenters. The molecule has 3 rings (SSSR count). The summed E-state index contributed by atoms with van der Waals surface area (Å²) in [5, 5.41) is 6.87. The van der Waals surface area contributed by atoms with Crippen molar-refractivity contribution in [1.82, 2.24) is 10.6 Å². The lowest BCUT2D eigenvalue weighted by Gasteiger charge is -2.48. The van der Waals surface area contributed by atoms with Gasteiger partial charge in [-0.15, -0.1) is 0 Å². The maximum absolute atomic E-state index is 12.2. The van der Waals surface area contributed by atoms with E-state index in [1.54, 1.807) is 0 Å². The Morgan fingerprint density at radius 2 is 2.10 bits per heavy atom. The van der Waals surface area contributed by atoms with Crippen molar-refractivity contribution in [2.45, 2.75) is 57.0 Å². The van der Waals surface area contributed by atoms with Crippen molar-refractivity contribution in [2.24, 2.45) is 0 Å². The highest BCUT2D eigenvalue weighted by molar-refractivity contribution is 5.78. The van der Waals surface area contributed by atoms with Gasteiger partial charge in [-0.05, 0) is 51.1 Å². The molecule has 1 aromatic carbocycles. The lowest BCUT2D eigenvalue weighted by atomic mass is 9.70. The van der Waals surface area contributed by atoms with Crippen LogP contribution in [0, 0.1) is 6.92 Å². The van der Waals surface area contributed by atoms with Gasteiger partial charge in [-0.25, -0.2) is 0 Å². The molecule has 2 aliphatic rings. The second kappa shape index (κ2) is 5.57. The lowest BCUT2D eigenvalue weighted by Crippen LogP contribution is -2.59. The summed E-state index contributed by atoms with van der Waals surface area (Å²) in [4.78, 5) is 12.2. The molecule has 20 heavy (non-hydrogen) atoms. The molecule has 0 bridgehead atoms. The number of rotatable bonds is 3. The van der Waals surface area contributed by atoms with Gasteiger partial charge >= 0.3 is 0 Å². The molecular weight excluding hydrogens is 248 g/mol. The van der Waals surface area contributed by atoms with Crippen molar-refractivity contribution >= 4 is 5.91 Å². The zero-order chi connectivity index (χ0) is 14.0. The van der Waals surface area contributed by atoms with E-state index in [1.807, 2.05) is 12.1 Å². The minimum Gasteiger partial charge on any atom is -0.353 e. The number of carbonyl (C=O) groups excluding carboxylic acids is 1. The van der Waals surface area contributed by atoms with Gasteiger partial charge in [-0.1, -0.05) is 29.8 Å². The maximum Gasteiger partial charge on any atom is 0.224 e. The first kappa shape index (κ1) is 13.6. The van der Waals surface area contributed by atoms with Crippen LogP contribution in [0.1, 0.15) is 43.2 Å². The molecule has 1 aliphatic carbocycles. The average Bonchev–Trinajstić information content (AvgIpc) is 2.40. The number of carbonyl (C=O) groups is 1. The lowest BCUT2D eigenvalue weighted by molar-refractivity contribution is -0.121. The number of hydrogen-bond donors (Lipinski definition) is 2. The van der Waals surface area contributed by atoms with Crippen LogP contribution in [0.4, 0.5) is 0 Å². The molecule has 1 heterocycles. The highest BCUT2D eigenvalue weighted by Gasteiger charge is 2.41. The van der Waals surface area contributed by atoms with E-state index >= 15 is 0 Å². The summed E-state index contributed by atoms with van der Waals surface area (Å²) in [5.74, 6) is 0.162. The second-order valence-electron chi connectivity index (χ2n) is 6.48. The fraction of sp³-hybridized carbons (Fsp3) is 0.588. The first-order chi connectivity index (χ1) is 9.65. The summed E-state index contributed by atoms with van der Waals surface area (Å²) >= 11 is 0. The van der Waals surface area contributed by atoms with Gasteiger partial charge in [0.05, 0.1) is 6.42 Å². The number of nitrogens with one attached hydrogen (secondary N) is 2. The Hall–Kier alpha value is -1.35. The summed E-state index contributed by atoms with van der Waals surface area (Å²) in [6.45, 7) is 3.10. The van der Waals surface area contributed by atoms with Crippen molar-refractivity contribution in [1.29, 1.82) is 0 Å². The fourth-order valence-electron chi connectivity index (χ4n) is 3.44. The Morgan fingerprint density at radius 3 is 2.75 bits per heavy atom. The smallest absolute Gasteiger partial charge is 0.224 e. The number of hydrogen-bond acceptors (Lipinski definition) is 2. The van der Waals surface area contributed by atoms with Crippen LogP contribution in [0.15, 0.2) is 24.3 Å². The molecular formula is C17H24N2O. The molecule has 0 aromatic heterocycles. The minimum atomic E-state index is 0.162. The van der Waals surface area contributed by atoms with Crippen molar-refractivity contribution in [3.63, 3.8) is 0 Å². The van der Waals surface area contributed by atoms with Gasteiger partial charge in [-0.3, -0.25) is 4.79 Å². The van der Waals surface area contributed by atoms with Gasteiger partial charge in [0.1, 0.15) is 0 Å². The Kier molecular flexibility index (Phi) is 3.79. The number of benzene rings is 1. The summed E-state index contributed by atoms with van der Waals surface area (Å²) in [6, 6.07) is 8.58. The third-order valence-electron chi connectivity index (χ3n) is 4.79. The molecule has 3 nitrogen and oxygen atoms in total. The summed E-state index contributed by atoms with van der Waals surface area (Å²) in [5.41, 5.74) is 2.68. The first-order valence-corrected chi connectivity index (χ1v) is 7.75.